The van der Waals surface area contributed by atoms with Crippen molar-refractivity contribution in [1.29, 1.82) is 0 Å². The molecule has 1 N–H and O–H groups in total. The summed E-state index contributed by atoms with van der Waals surface area (Å²) in [7, 11) is 1.87. The lowest BCUT2D eigenvalue weighted by Gasteiger charge is -2.15. The minimum Gasteiger partial charge on any atom is -0.465 e. The molecule has 5 heteroatoms. The molecule has 2 rings (SSSR count). The van der Waals surface area contributed by atoms with Crippen LogP contribution in [0.1, 0.15) is 17.1 Å². The smallest absolute Gasteiger partial charge is 0.238 e. The van der Waals surface area contributed by atoms with E-state index in [2.05, 4.69) is 5.32 Å². The van der Waals surface area contributed by atoms with Crippen LogP contribution in [0.4, 0.5) is 5.69 Å². The highest BCUT2D eigenvalue weighted by Crippen LogP contribution is 2.22. The second-order valence-electron chi connectivity index (χ2n) is 5.22. The summed E-state index contributed by atoms with van der Waals surface area (Å²) in [6.45, 7) is 4.71. The molecule has 0 atom stereocenters. The van der Waals surface area contributed by atoms with Gasteiger partial charge < -0.3 is 9.73 Å². The van der Waals surface area contributed by atoms with Crippen LogP contribution in [0.3, 0.4) is 0 Å². The number of carbonyl (C=O) groups is 1. The maximum Gasteiger partial charge on any atom is 0.238 e. The predicted octanol–water partition coefficient (Wildman–Crippen LogP) is 3.62. The summed E-state index contributed by atoms with van der Waals surface area (Å²) in [5.41, 5.74) is 1.69. The van der Waals surface area contributed by atoms with Gasteiger partial charge in [0.1, 0.15) is 11.5 Å². The number of aryl methyl sites for hydroxylation is 2. The molecule has 0 bridgehead atoms. The van der Waals surface area contributed by atoms with Crippen molar-refractivity contribution in [2.24, 2.45) is 0 Å². The maximum atomic E-state index is 12.0. The maximum absolute atomic E-state index is 12.0. The summed E-state index contributed by atoms with van der Waals surface area (Å²) in [5, 5.41) is 3.36. The number of hydrogen-bond donors (Lipinski definition) is 1. The zero-order valence-electron chi connectivity index (χ0n) is 12.4. The average Bonchev–Trinajstić information content (AvgIpc) is 2.78. The van der Waals surface area contributed by atoms with Crippen LogP contribution in [0.15, 0.2) is 34.7 Å². The fraction of sp³-hybridized carbons (Fsp3) is 0.312. The van der Waals surface area contributed by atoms with Gasteiger partial charge in [-0.15, -0.1) is 0 Å². The summed E-state index contributed by atoms with van der Waals surface area (Å²) >= 11 is 6.10. The third-order valence-electron chi connectivity index (χ3n) is 3.03. The fourth-order valence-electron chi connectivity index (χ4n) is 2.05. The number of carbonyl (C=O) groups excluding carboxylic acids is 1. The second-order valence-corrected chi connectivity index (χ2v) is 5.62. The molecule has 0 aliphatic heterocycles. The Morgan fingerprint density at radius 2 is 2.05 bits per heavy atom. The molecule has 1 aromatic heterocycles. The van der Waals surface area contributed by atoms with Gasteiger partial charge in [-0.05, 0) is 50.7 Å². The minimum atomic E-state index is -0.105. The molecule has 0 spiro atoms. The normalized spacial score (nSPS) is 10.9. The van der Waals surface area contributed by atoms with Crippen molar-refractivity contribution in [3.05, 3.63) is 52.4 Å². The monoisotopic (exact) mass is 306 g/mol. The fourth-order valence-corrected chi connectivity index (χ4v) is 2.33. The number of rotatable bonds is 5. The van der Waals surface area contributed by atoms with E-state index in [0.717, 1.165) is 17.1 Å². The van der Waals surface area contributed by atoms with Crippen molar-refractivity contribution in [3.8, 4) is 0 Å². The lowest BCUT2D eigenvalue weighted by atomic mass is 10.2. The molecule has 0 saturated carbocycles. The van der Waals surface area contributed by atoms with Gasteiger partial charge in [-0.1, -0.05) is 17.7 Å². The quantitative estimate of drug-likeness (QED) is 0.917. The average molecular weight is 307 g/mol. The molecule has 4 nitrogen and oxygen atoms in total. The Labute approximate surface area is 129 Å². The molecule has 0 unspecified atom stereocenters. The van der Waals surface area contributed by atoms with Gasteiger partial charge in [0.05, 0.1) is 23.8 Å². The van der Waals surface area contributed by atoms with Crippen LogP contribution in [0.25, 0.3) is 0 Å². The highest BCUT2D eigenvalue weighted by atomic mass is 35.5. The summed E-state index contributed by atoms with van der Waals surface area (Å²) in [6.07, 6.45) is 0. The molecule has 2 aromatic rings. The zero-order valence-corrected chi connectivity index (χ0v) is 13.2. The van der Waals surface area contributed by atoms with Crippen molar-refractivity contribution in [2.75, 3.05) is 18.9 Å². The van der Waals surface area contributed by atoms with Crippen molar-refractivity contribution in [3.63, 3.8) is 0 Å². The SMILES string of the molecule is Cc1ccc(NC(=O)CN(C)Cc2ccc(C)o2)c(Cl)c1. The first kappa shape index (κ1) is 15.6. The van der Waals surface area contributed by atoms with Gasteiger partial charge in [-0.2, -0.15) is 0 Å². The van der Waals surface area contributed by atoms with Crippen LogP contribution in [0, 0.1) is 13.8 Å². The van der Waals surface area contributed by atoms with E-state index < -0.39 is 0 Å². The van der Waals surface area contributed by atoms with Crippen LogP contribution in [0.2, 0.25) is 5.02 Å². The highest BCUT2D eigenvalue weighted by molar-refractivity contribution is 6.33. The van der Waals surface area contributed by atoms with Crippen LogP contribution < -0.4 is 5.32 Å². The van der Waals surface area contributed by atoms with E-state index in [9.17, 15) is 4.79 Å². The molecule has 1 heterocycles. The number of nitrogens with one attached hydrogen (secondary N) is 1. The molecule has 0 radical (unpaired) electrons. The topological polar surface area (TPSA) is 45.5 Å². The molecular weight excluding hydrogens is 288 g/mol. The molecule has 21 heavy (non-hydrogen) atoms. The minimum absolute atomic E-state index is 0.105. The van der Waals surface area contributed by atoms with Gasteiger partial charge in [-0.3, -0.25) is 9.69 Å². The van der Waals surface area contributed by atoms with Crippen molar-refractivity contribution < 1.29 is 9.21 Å². The standard InChI is InChI=1S/C16H19ClN2O2/c1-11-4-7-15(14(17)8-11)18-16(20)10-19(3)9-13-6-5-12(2)21-13/h4-8H,9-10H2,1-3H3,(H,18,20). The Kier molecular flexibility index (Phi) is 5.04. The Morgan fingerprint density at radius 3 is 2.67 bits per heavy atom. The Morgan fingerprint density at radius 1 is 1.29 bits per heavy atom. The largest absolute Gasteiger partial charge is 0.465 e. The van der Waals surface area contributed by atoms with E-state index in [4.69, 9.17) is 16.0 Å². The van der Waals surface area contributed by atoms with Crippen LogP contribution >= 0.6 is 11.6 Å². The number of nitrogens with zero attached hydrogens (tertiary/aromatic N) is 1. The number of benzene rings is 1. The van der Waals surface area contributed by atoms with Gasteiger partial charge in [-0.25, -0.2) is 0 Å². The second kappa shape index (κ2) is 6.78. The first-order valence-electron chi connectivity index (χ1n) is 6.74. The van der Waals surface area contributed by atoms with Crippen LogP contribution in [0.5, 0.6) is 0 Å². The third-order valence-corrected chi connectivity index (χ3v) is 3.35. The molecule has 112 valence electrons. The van der Waals surface area contributed by atoms with E-state index in [-0.39, 0.29) is 12.5 Å². The van der Waals surface area contributed by atoms with Crippen molar-refractivity contribution in [2.45, 2.75) is 20.4 Å². The molecule has 1 aromatic carbocycles. The number of hydrogen-bond acceptors (Lipinski definition) is 3. The molecule has 0 aliphatic rings. The van der Waals surface area contributed by atoms with Crippen molar-refractivity contribution >= 4 is 23.2 Å². The summed E-state index contributed by atoms with van der Waals surface area (Å²) < 4.78 is 5.49. The molecular formula is C16H19ClN2O2. The Bertz CT molecular complexity index is 637. The van der Waals surface area contributed by atoms with Crippen LogP contribution in [-0.4, -0.2) is 24.4 Å². The van der Waals surface area contributed by atoms with Gasteiger partial charge in [0.25, 0.3) is 0 Å². The number of likely N-dealkylation sites (N-methyl/N-ethyl adjacent to an activating group) is 1. The first-order chi connectivity index (χ1) is 9.94. The van der Waals surface area contributed by atoms with E-state index in [1.807, 2.05) is 56.1 Å². The summed E-state index contributed by atoms with van der Waals surface area (Å²) in [4.78, 5) is 13.9. The van der Waals surface area contributed by atoms with Crippen molar-refractivity contribution in [1.82, 2.24) is 4.90 Å². The third kappa shape index (κ3) is 4.62. The molecule has 1 amide bonds. The highest BCUT2D eigenvalue weighted by Gasteiger charge is 2.10. The van der Waals surface area contributed by atoms with E-state index in [1.54, 1.807) is 0 Å². The lowest BCUT2D eigenvalue weighted by Crippen LogP contribution is -2.29. The molecule has 0 aliphatic carbocycles. The Balaban J connectivity index is 1.89. The van der Waals surface area contributed by atoms with Gasteiger partial charge in [0.15, 0.2) is 0 Å². The lowest BCUT2D eigenvalue weighted by molar-refractivity contribution is -0.117. The number of halogens is 1. The predicted molar refractivity (Wildman–Crippen MR) is 84.6 cm³/mol. The van der Waals surface area contributed by atoms with Crippen LogP contribution in [-0.2, 0) is 11.3 Å². The molecule has 0 fully saturated rings. The van der Waals surface area contributed by atoms with Gasteiger partial charge in [0, 0.05) is 0 Å². The van der Waals surface area contributed by atoms with E-state index in [1.165, 1.54) is 0 Å². The van der Waals surface area contributed by atoms with E-state index >= 15 is 0 Å². The Hall–Kier alpha value is -1.78. The summed E-state index contributed by atoms with van der Waals surface area (Å²) in [6, 6.07) is 9.38. The number of furan rings is 1. The molecule has 0 saturated heterocycles. The van der Waals surface area contributed by atoms with Gasteiger partial charge in [0.2, 0.25) is 5.91 Å². The van der Waals surface area contributed by atoms with E-state index in [0.29, 0.717) is 17.3 Å². The van der Waals surface area contributed by atoms with Gasteiger partial charge >= 0.3 is 0 Å². The number of amides is 1. The number of anilines is 1. The first-order valence-corrected chi connectivity index (χ1v) is 7.11. The zero-order chi connectivity index (χ0) is 15.4. The summed E-state index contributed by atoms with van der Waals surface area (Å²) in [5.74, 6) is 1.61.